The molecular weight excluding hydrogens is 274 g/mol. The number of sulfonamides is 1. The molecule has 9 heteroatoms. The lowest BCUT2D eigenvalue weighted by atomic mass is 10.3. The summed E-state index contributed by atoms with van der Waals surface area (Å²) < 4.78 is 31.7. The molecule has 1 aliphatic heterocycles. The van der Waals surface area contributed by atoms with Gasteiger partial charge in [-0.25, -0.2) is 13.1 Å². The van der Waals surface area contributed by atoms with E-state index in [0.29, 0.717) is 13.0 Å². The van der Waals surface area contributed by atoms with Gasteiger partial charge in [0.2, 0.25) is 10.0 Å². The summed E-state index contributed by atoms with van der Waals surface area (Å²) in [4.78, 5) is 9.71. The van der Waals surface area contributed by atoms with Gasteiger partial charge in [-0.1, -0.05) is 6.07 Å². The molecule has 1 aromatic rings. The van der Waals surface area contributed by atoms with Gasteiger partial charge in [-0.3, -0.25) is 10.1 Å². The zero-order chi connectivity index (χ0) is 14.0. The third-order valence-electron chi connectivity index (χ3n) is 2.75. The maximum absolute atomic E-state index is 12.1. The molecule has 2 rings (SSSR count). The van der Waals surface area contributed by atoms with Crippen LogP contribution in [0.1, 0.15) is 6.42 Å². The van der Waals surface area contributed by atoms with Gasteiger partial charge >= 0.3 is 5.69 Å². The zero-order valence-electron chi connectivity index (χ0n) is 9.90. The van der Waals surface area contributed by atoms with Crippen molar-refractivity contribution in [3.63, 3.8) is 0 Å². The third-order valence-corrected chi connectivity index (χ3v) is 4.31. The number of para-hydroxylation sites is 1. The topological polar surface area (TPSA) is 125 Å². The highest BCUT2D eigenvalue weighted by Crippen LogP contribution is 2.29. The summed E-state index contributed by atoms with van der Waals surface area (Å²) in [6.45, 7) is 0.724. The zero-order valence-corrected chi connectivity index (χ0v) is 10.7. The van der Waals surface area contributed by atoms with Gasteiger partial charge in [0, 0.05) is 12.6 Å². The van der Waals surface area contributed by atoms with Crippen molar-refractivity contribution in [3.05, 3.63) is 28.3 Å². The Morgan fingerprint density at radius 3 is 2.79 bits per heavy atom. The van der Waals surface area contributed by atoms with Crippen LogP contribution in [-0.2, 0) is 14.8 Å². The number of hydrogen-bond acceptors (Lipinski definition) is 6. The molecule has 19 heavy (non-hydrogen) atoms. The van der Waals surface area contributed by atoms with E-state index in [1.165, 1.54) is 12.1 Å². The number of nitro groups is 1. The number of anilines is 1. The quantitative estimate of drug-likeness (QED) is 0.464. The second-order valence-electron chi connectivity index (χ2n) is 4.13. The van der Waals surface area contributed by atoms with Crippen LogP contribution in [0, 0.1) is 10.1 Å². The van der Waals surface area contributed by atoms with Crippen LogP contribution < -0.4 is 10.5 Å². The minimum Gasteiger partial charge on any atom is -0.393 e. The average Bonchev–Trinajstić information content (AvgIpc) is 2.80. The molecule has 1 aromatic carbocycles. The number of rotatable bonds is 4. The lowest BCUT2D eigenvalue weighted by Gasteiger charge is -2.12. The average molecular weight is 287 g/mol. The number of hydrogen-bond donors (Lipinski definition) is 2. The van der Waals surface area contributed by atoms with E-state index in [4.69, 9.17) is 10.5 Å². The van der Waals surface area contributed by atoms with Crippen molar-refractivity contribution in [2.75, 3.05) is 18.9 Å². The molecule has 0 aliphatic carbocycles. The molecule has 1 heterocycles. The first-order valence-electron chi connectivity index (χ1n) is 5.55. The normalized spacial score (nSPS) is 19.5. The van der Waals surface area contributed by atoms with Crippen LogP contribution in [-0.4, -0.2) is 32.6 Å². The van der Waals surface area contributed by atoms with Gasteiger partial charge in [0.25, 0.3) is 0 Å². The van der Waals surface area contributed by atoms with Crippen LogP contribution in [0.25, 0.3) is 0 Å². The fourth-order valence-corrected chi connectivity index (χ4v) is 3.32. The van der Waals surface area contributed by atoms with Gasteiger partial charge in [-0.15, -0.1) is 0 Å². The van der Waals surface area contributed by atoms with Crippen LogP contribution in [0.5, 0.6) is 0 Å². The first kappa shape index (κ1) is 13.7. The smallest absolute Gasteiger partial charge is 0.312 e. The van der Waals surface area contributed by atoms with Crippen molar-refractivity contribution in [2.24, 2.45) is 0 Å². The van der Waals surface area contributed by atoms with Crippen molar-refractivity contribution in [1.82, 2.24) is 4.72 Å². The number of nitrogens with two attached hydrogens (primary N) is 1. The standard InChI is InChI=1S/C10H13N3O5S/c11-8-2-1-3-9(10(8)13(14)15)19(16,17)12-7-4-5-18-6-7/h1-3,7,12H,4-6,11H2. The van der Waals surface area contributed by atoms with Crippen LogP contribution >= 0.6 is 0 Å². The van der Waals surface area contributed by atoms with Gasteiger partial charge in [-0.05, 0) is 18.6 Å². The Morgan fingerprint density at radius 2 is 2.21 bits per heavy atom. The largest absolute Gasteiger partial charge is 0.393 e. The minimum absolute atomic E-state index is 0.185. The Morgan fingerprint density at radius 1 is 1.47 bits per heavy atom. The summed E-state index contributed by atoms with van der Waals surface area (Å²) in [6, 6.07) is 3.44. The van der Waals surface area contributed by atoms with Crippen LogP contribution in [0.4, 0.5) is 11.4 Å². The van der Waals surface area contributed by atoms with Gasteiger partial charge in [0.1, 0.15) is 5.69 Å². The molecule has 1 unspecified atom stereocenters. The summed E-state index contributed by atoms with van der Waals surface area (Å²) in [6.07, 6.45) is 0.537. The summed E-state index contributed by atoms with van der Waals surface area (Å²) in [7, 11) is -3.99. The van der Waals surface area contributed by atoms with Crippen LogP contribution in [0.3, 0.4) is 0 Å². The SMILES string of the molecule is Nc1cccc(S(=O)(=O)NC2CCOC2)c1[N+](=O)[O-]. The molecule has 1 aliphatic rings. The summed E-state index contributed by atoms with van der Waals surface area (Å²) in [5.41, 5.74) is 4.68. The number of ether oxygens (including phenoxy) is 1. The Bertz CT molecular complexity index is 595. The molecule has 0 spiro atoms. The fourth-order valence-electron chi connectivity index (χ4n) is 1.86. The second-order valence-corrected chi connectivity index (χ2v) is 5.82. The van der Waals surface area contributed by atoms with Crippen molar-refractivity contribution in [3.8, 4) is 0 Å². The Labute approximate surface area is 109 Å². The number of nitrogens with zero attached hydrogens (tertiary/aromatic N) is 1. The maximum Gasteiger partial charge on any atom is 0.312 e. The fraction of sp³-hybridized carbons (Fsp3) is 0.400. The summed E-state index contributed by atoms with van der Waals surface area (Å²) in [5.74, 6) is 0. The molecule has 104 valence electrons. The second kappa shape index (κ2) is 5.11. The third kappa shape index (κ3) is 2.83. The molecule has 0 aromatic heterocycles. The van der Waals surface area contributed by atoms with Gasteiger partial charge < -0.3 is 10.5 Å². The first-order chi connectivity index (χ1) is 8.92. The highest BCUT2D eigenvalue weighted by Gasteiger charge is 2.31. The Kier molecular flexibility index (Phi) is 3.69. The Hall–Kier alpha value is -1.71. The van der Waals surface area contributed by atoms with E-state index in [1.54, 1.807) is 0 Å². The highest BCUT2D eigenvalue weighted by atomic mass is 32.2. The lowest BCUT2D eigenvalue weighted by Crippen LogP contribution is -2.35. The van der Waals surface area contributed by atoms with Crippen molar-refractivity contribution < 1.29 is 18.1 Å². The van der Waals surface area contributed by atoms with Crippen molar-refractivity contribution >= 4 is 21.4 Å². The van der Waals surface area contributed by atoms with E-state index in [9.17, 15) is 18.5 Å². The molecule has 0 amide bonds. The number of benzene rings is 1. The highest BCUT2D eigenvalue weighted by molar-refractivity contribution is 7.89. The molecule has 3 N–H and O–H groups in total. The predicted molar refractivity (Wildman–Crippen MR) is 67.1 cm³/mol. The maximum atomic E-state index is 12.1. The number of nitrogens with one attached hydrogen (secondary N) is 1. The molecule has 1 fully saturated rings. The molecule has 0 saturated carbocycles. The van der Waals surface area contributed by atoms with Gasteiger partial charge in [-0.2, -0.15) is 0 Å². The monoisotopic (exact) mass is 287 g/mol. The molecule has 0 bridgehead atoms. The molecule has 1 atom stereocenters. The van der Waals surface area contributed by atoms with Gasteiger partial charge in [0.05, 0.1) is 11.5 Å². The van der Waals surface area contributed by atoms with E-state index >= 15 is 0 Å². The van der Waals surface area contributed by atoms with Crippen molar-refractivity contribution in [2.45, 2.75) is 17.4 Å². The van der Waals surface area contributed by atoms with Crippen molar-refractivity contribution in [1.29, 1.82) is 0 Å². The summed E-state index contributed by atoms with van der Waals surface area (Å²) >= 11 is 0. The van der Waals surface area contributed by atoms with Crippen LogP contribution in [0.2, 0.25) is 0 Å². The minimum atomic E-state index is -3.99. The number of nitro benzene ring substituents is 1. The molecule has 8 nitrogen and oxygen atoms in total. The van der Waals surface area contributed by atoms with E-state index in [0.717, 1.165) is 6.07 Å². The first-order valence-corrected chi connectivity index (χ1v) is 7.03. The summed E-state index contributed by atoms with van der Waals surface area (Å²) in [5, 5.41) is 10.9. The molecule has 1 saturated heterocycles. The Balaban J connectivity index is 2.39. The van der Waals surface area contributed by atoms with E-state index < -0.39 is 25.5 Å². The van der Waals surface area contributed by atoms with Crippen LogP contribution in [0.15, 0.2) is 23.1 Å². The molecule has 0 radical (unpaired) electrons. The van der Waals surface area contributed by atoms with E-state index in [1.807, 2.05) is 0 Å². The number of nitrogen functional groups attached to an aromatic ring is 1. The lowest BCUT2D eigenvalue weighted by molar-refractivity contribution is -0.386. The van der Waals surface area contributed by atoms with E-state index in [-0.39, 0.29) is 18.3 Å². The predicted octanol–water partition coefficient (Wildman–Crippen LogP) is 0.244. The van der Waals surface area contributed by atoms with E-state index in [2.05, 4.69) is 4.72 Å². The van der Waals surface area contributed by atoms with Gasteiger partial charge in [0.15, 0.2) is 4.90 Å². The molecular formula is C10H13N3O5S.